The molecule has 1 heterocycles. The number of rotatable bonds is 5. The molecule has 0 spiro atoms. The summed E-state index contributed by atoms with van der Waals surface area (Å²) in [5.74, 6) is -0.346. The van der Waals surface area contributed by atoms with Gasteiger partial charge in [0.25, 0.3) is 5.91 Å². The number of carbonyl (C=O) groups is 1. The molecule has 0 saturated heterocycles. The van der Waals surface area contributed by atoms with Crippen molar-refractivity contribution in [2.45, 2.75) is 6.18 Å². The second-order valence-corrected chi connectivity index (χ2v) is 4.54. The van der Waals surface area contributed by atoms with E-state index in [-0.39, 0.29) is 19.1 Å². The van der Waals surface area contributed by atoms with E-state index in [1.54, 1.807) is 18.2 Å². The lowest BCUT2D eigenvalue weighted by molar-refractivity contribution is -0.173. The molecule has 0 unspecified atom stereocenters. The van der Waals surface area contributed by atoms with Gasteiger partial charge in [-0.3, -0.25) is 4.79 Å². The second-order valence-electron chi connectivity index (χ2n) is 4.54. The molecule has 0 atom stereocenters. The highest BCUT2D eigenvalue weighted by Gasteiger charge is 2.27. The van der Waals surface area contributed by atoms with Crippen molar-refractivity contribution < 1.29 is 22.7 Å². The van der Waals surface area contributed by atoms with E-state index < -0.39 is 12.8 Å². The van der Waals surface area contributed by atoms with Crippen LogP contribution in [0.2, 0.25) is 0 Å². The van der Waals surface area contributed by atoms with Crippen LogP contribution in [0.1, 0.15) is 10.4 Å². The number of fused-ring (bicyclic) bond motifs is 1. The Bertz CT molecular complexity index is 506. The van der Waals surface area contributed by atoms with Crippen LogP contribution in [0.25, 0.3) is 0 Å². The summed E-state index contributed by atoms with van der Waals surface area (Å²) in [7, 11) is 0. The molecule has 116 valence electrons. The number of halogens is 3. The van der Waals surface area contributed by atoms with Gasteiger partial charge in [0.05, 0.1) is 18.0 Å². The minimum atomic E-state index is -4.35. The summed E-state index contributed by atoms with van der Waals surface area (Å²) < 4.78 is 39.9. The van der Waals surface area contributed by atoms with Gasteiger partial charge in [-0.05, 0) is 18.2 Å². The van der Waals surface area contributed by atoms with Crippen molar-refractivity contribution in [1.29, 1.82) is 0 Å². The van der Waals surface area contributed by atoms with Crippen molar-refractivity contribution in [3.05, 3.63) is 23.8 Å². The summed E-state index contributed by atoms with van der Waals surface area (Å²) in [5, 5.41) is 8.85. The van der Waals surface area contributed by atoms with Crippen LogP contribution in [0, 0.1) is 0 Å². The average molecular weight is 303 g/mol. The number of alkyl halides is 3. The van der Waals surface area contributed by atoms with E-state index in [4.69, 9.17) is 0 Å². The number of anilines is 2. The molecule has 0 saturated carbocycles. The SMILES string of the molecule is O=C(NCCOCC(F)(F)F)c1ccc2c(c1)NCCN2. The number of carbonyl (C=O) groups excluding carboxylic acids is 1. The summed E-state index contributed by atoms with van der Waals surface area (Å²) in [6.07, 6.45) is -4.35. The highest BCUT2D eigenvalue weighted by molar-refractivity contribution is 5.96. The molecule has 1 aromatic rings. The molecular weight excluding hydrogens is 287 g/mol. The number of nitrogens with one attached hydrogen (secondary N) is 3. The predicted octanol–water partition coefficient (Wildman–Crippen LogP) is 1.83. The largest absolute Gasteiger partial charge is 0.411 e. The zero-order valence-electron chi connectivity index (χ0n) is 11.2. The summed E-state index contributed by atoms with van der Waals surface area (Å²) >= 11 is 0. The van der Waals surface area contributed by atoms with Crippen LogP contribution >= 0.6 is 0 Å². The molecular formula is C13H16F3N3O2. The Kier molecular flexibility index (Phi) is 4.89. The lowest BCUT2D eigenvalue weighted by atomic mass is 10.1. The fraction of sp³-hybridized carbons (Fsp3) is 0.462. The van der Waals surface area contributed by atoms with Crippen molar-refractivity contribution in [3.63, 3.8) is 0 Å². The number of hydrogen-bond acceptors (Lipinski definition) is 4. The van der Waals surface area contributed by atoms with Gasteiger partial charge in [-0.25, -0.2) is 0 Å². The predicted molar refractivity (Wildman–Crippen MR) is 72.6 cm³/mol. The van der Waals surface area contributed by atoms with Gasteiger partial charge < -0.3 is 20.7 Å². The Morgan fingerprint density at radius 2 is 1.95 bits per heavy atom. The zero-order chi connectivity index (χ0) is 15.3. The Morgan fingerprint density at radius 3 is 2.67 bits per heavy atom. The quantitative estimate of drug-likeness (QED) is 0.726. The molecule has 21 heavy (non-hydrogen) atoms. The molecule has 0 fully saturated rings. The third-order valence-electron chi connectivity index (χ3n) is 2.84. The molecule has 2 rings (SSSR count). The number of benzene rings is 1. The van der Waals surface area contributed by atoms with Crippen LogP contribution in [0.3, 0.4) is 0 Å². The summed E-state index contributed by atoms with van der Waals surface area (Å²) in [5.41, 5.74) is 2.20. The zero-order valence-corrected chi connectivity index (χ0v) is 11.2. The van der Waals surface area contributed by atoms with E-state index >= 15 is 0 Å². The van der Waals surface area contributed by atoms with Gasteiger partial charge >= 0.3 is 6.18 Å². The minimum Gasteiger partial charge on any atom is -0.382 e. The monoisotopic (exact) mass is 303 g/mol. The third-order valence-corrected chi connectivity index (χ3v) is 2.84. The summed E-state index contributed by atoms with van der Waals surface area (Å²) in [4.78, 5) is 11.9. The van der Waals surface area contributed by atoms with Crippen molar-refractivity contribution in [3.8, 4) is 0 Å². The van der Waals surface area contributed by atoms with Crippen LogP contribution in [-0.2, 0) is 4.74 Å². The van der Waals surface area contributed by atoms with E-state index in [0.29, 0.717) is 5.56 Å². The van der Waals surface area contributed by atoms with Gasteiger partial charge in [0, 0.05) is 25.2 Å². The molecule has 8 heteroatoms. The highest BCUT2D eigenvalue weighted by atomic mass is 19.4. The molecule has 5 nitrogen and oxygen atoms in total. The average Bonchev–Trinajstić information content (AvgIpc) is 2.45. The molecule has 0 aromatic heterocycles. The number of hydrogen-bond donors (Lipinski definition) is 3. The Labute approximate surface area is 119 Å². The first-order valence-corrected chi connectivity index (χ1v) is 6.50. The molecule has 1 amide bonds. The maximum absolute atomic E-state index is 11.9. The molecule has 3 N–H and O–H groups in total. The van der Waals surface area contributed by atoms with Crippen LogP contribution in [0.4, 0.5) is 24.5 Å². The van der Waals surface area contributed by atoms with E-state index in [0.717, 1.165) is 24.5 Å². The Morgan fingerprint density at radius 1 is 1.24 bits per heavy atom. The van der Waals surface area contributed by atoms with Gasteiger partial charge in [-0.1, -0.05) is 0 Å². The first-order valence-electron chi connectivity index (χ1n) is 6.50. The topological polar surface area (TPSA) is 62.4 Å². The van der Waals surface area contributed by atoms with Crippen LogP contribution in [0.15, 0.2) is 18.2 Å². The fourth-order valence-electron chi connectivity index (χ4n) is 1.91. The third kappa shape index (κ3) is 4.82. The van der Waals surface area contributed by atoms with Crippen molar-refractivity contribution in [2.75, 3.05) is 43.5 Å². The van der Waals surface area contributed by atoms with Gasteiger partial charge in [-0.15, -0.1) is 0 Å². The first kappa shape index (κ1) is 15.4. The summed E-state index contributed by atoms with van der Waals surface area (Å²) in [6.45, 7) is 0.115. The van der Waals surface area contributed by atoms with Crippen molar-refractivity contribution in [1.82, 2.24) is 5.32 Å². The molecule has 0 bridgehead atoms. The normalized spacial score (nSPS) is 13.9. The molecule has 1 aromatic carbocycles. The van der Waals surface area contributed by atoms with E-state index in [1.165, 1.54) is 0 Å². The van der Waals surface area contributed by atoms with E-state index in [2.05, 4.69) is 20.7 Å². The van der Waals surface area contributed by atoms with Gasteiger partial charge in [0.1, 0.15) is 6.61 Å². The van der Waals surface area contributed by atoms with E-state index in [1.807, 2.05) is 0 Å². The first-order chi connectivity index (χ1) is 9.96. The smallest absolute Gasteiger partial charge is 0.382 e. The standard InChI is InChI=1S/C13H16F3N3O2/c14-13(15,16)8-21-6-5-19-12(20)9-1-2-10-11(7-9)18-4-3-17-10/h1-2,7,17-18H,3-6,8H2,(H,19,20). The van der Waals surface area contributed by atoms with Gasteiger partial charge in [0.2, 0.25) is 0 Å². The van der Waals surface area contributed by atoms with Crippen LogP contribution in [0.5, 0.6) is 0 Å². The molecule has 0 aliphatic carbocycles. The minimum absolute atomic E-state index is 0.0255. The Hall–Kier alpha value is -1.96. The fourth-order valence-corrected chi connectivity index (χ4v) is 1.91. The number of amides is 1. The molecule has 1 aliphatic rings. The van der Waals surface area contributed by atoms with Crippen molar-refractivity contribution in [2.24, 2.45) is 0 Å². The molecule has 1 aliphatic heterocycles. The van der Waals surface area contributed by atoms with E-state index in [9.17, 15) is 18.0 Å². The maximum Gasteiger partial charge on any atom is 0.411 e. The number of ether oxygens (including phenoxy) is 1. The van der Waals surface area contributed by atoms with Crippen LogP contribution in [-0.4, -0.2) is 44.9 Å². The maximum atomic E-state index is 11.9. The van der Waals surface area contributed by atoms with Gasteiger partial charge in [-0.2, -0.15) is 13.2 Å². The summed E-state index contributed by atoms with van der Waals surface area (Å²) in [6, 6.07) is 5.15. The van der Waals surface area contributed by atoms with Gasteiger partial charge in [0.15, 0.2) is 0 Å². The second kappa shape index (κ2) is 6.66. The Balaban J connectivity index is 1.78. The lowest BCUT2D eigenvalue weighted by Crippen LogP contribution is -2.29. The van der Waals surface area contributed by atoms with Crippen LogP contribution < -0.4 is 16.0 Å². The highest BCUT2D eigenvalue weighted by Crippen LogP contribution is 2.25. The van der Waals surface area contributed by atoms with Crippen molar-refractivity contribution >= 4 is 17.3 Å². The lowest BCUT2D eigenvalue weighted by Gasteiger charge is -2.20. The molecule has 0 radical (unpaired) electrons.